The number of nitro benzene ring substituents is 1. The van der Waals surface area contributed by atoms with Gasteiger partial charge in [0.2, 0.25) is 0 Å². The standard InChI is InChI=1S/C10H5Br2N3O3S/c11-6-2-1-5(3-7(6)15(17)18)9(16)14-10-13-4-8(12)19-10/h1-4H,(H,13,14,16). The van der Waals surface area contributed by atoms with E-state index in [0.29, 0.717) is 9.60 Å². The third-order valence-corrected chi connectivity index (χ3v) is 4.17. The van der Waals surface area contributed by atoms with Gasteiger partial charge in [0.15, 0.2) is 5.13 Å². The third-order valence-electron chi connectivity index (χ3n) is 2.10. The minimum Gasteiger partial charge on any atom is -0.298 e. The predicted octanol–water partition coefficient (Wildman–Crippen LogP) is 3.83. The lowest BCUT2D eigenvalue weighted by Gasteiger charge is -2.02. The van der Waals surface area contributed by atoms with Gasteiger partial charge >= 0.3 is 0 Å². The van der Waals surface area contributed by atoms with Crippen LogP contribution in [0.4, 0.5) is 10.8 Å². The van der Waals surface area contributed by atoms with Crippen molar-refractivity contribution in [2.24, 2.45) is 0 Å². The first-order valence-electron chi connectivity index (χ1n) is 4.84. The molecule has 0 aliphatic rings. The van der Waals surface area contributed by atoms with Crippen molar-refractivity contribution >= 4 is 59.9 Å². The summed E-state index contributed by atoms with van der Waals surface area (Å²) in [5.41, 5.74) is 0.0363. The van der Waals surface area contributed by atoms with Gasteiger partial charge in [-0.2, -0.15) is 0 Å². The normalized spacial score (nSPS) is 10.2. The molecule has 1 aromatic carbocycles. The Morgan fingerprint density at radius 1 is 1.42 bits per heavy atom. The zero-order valence-corrected chi connectivity index (χ0v) is 13.1. The molecule has 0 saturated heterocycles. The van der Waals surface area contributed by atoms with Crippen LogP contribution in [0.25, 0.3) is 0 Å². The van der Waals surface area contributed by atoms with E-state index in [0.717, 1.165) is 3.79 Å². The molecular formula is C10H5Br2N3O3S. The van der Waals surface area contributed by atoms with Crippen LogP contribution in [-0.4, -0.2) is 15.8 Å². The highest BCUT2D eigenvalue weighted by Gasteiger charge is 2.16. The molecule has 6 nitrogen and oxygen atoms in total. The number of nitrogens with one attached hydrogen (secondary N) is 1. The maximum absolute atomic E-state index is 11.9. The minimum atomic E-state index is -0.555. The SMILES string of the molecule is O=C(Nc1ncc(Br)s1)c1ccc(Br)c([N+](=O)[O-])c1. The van der Waals surface area contributed by atoms with Crippen molar-refractivity contribution in [3.05, 3.63) is 48.3 Å². The zero-order valence-electron chi connectivity index (χ0n) is 9.09. The number of nitro groups is 1. The van der Waals surface area contributed by atoms with E-state index in [2.05, 4.69) is 42.2 Å². The molecule has 1 heterocycles. The lowest BCUT2D eigenvalue weighted by Crippen LogP contribution is -2.11. The van der Waals surface area contributed by atoms with Crippen LogP contribution in [0.1, 0.15) is 10.4 Å². The second kappa shape index (κ2) is 5.76. The quantitative estimate of drug-likeness (QED) is 0.619. The summed E-state index contributed by atoms with van der Waals surface area (Å²) in [6, 6.07) is 4.17. The van der Waals surface area contributed by atoms with Crippen molar-refractivity contribution < 1.29 is 9.72 Å². The summed E-state index contributed by atoms with van der Waals surface area (Å²) < 4.78 is 1.11. The van der Waals surface area contributed by atoms with Gasteiger partial charge in [0, 0.05) is 11.6 Å². The second-order valence-electron chi connectivity index (χ2n) is 3.35. The van der Waals surface area contributed by atoms with Crippen LogP contribution in [0, 0.1) is 10.1 Å². The molecule has 1 aromatic heterocycles. The first-order chi connectivity index (χ1) is 8.97. The average Bonchev–Trinajstić information content (AvgIpc) is 2.74. The second-order valence-corrected chi connectivity index (χ2v) is 6.61. The molecule has 0 atom stereocenters. The summed E-state index contributed by atoms with van der Waals surface area (Å²) in [4.78, 5) is 26.1. The number of thiazole rings is 1. The molecule has 0 saturated carbocycles. The molecule has 0 aliphatic carbocycles. The van der Waals surface area contributed by atoms with Gasteiger partial charge in [-0.1, -0.05) is 11.3 Å². The first-order valence-corrected chi connectivity index (χ1v) is 7.24. The summed E-state index contributed by atoms with van der Waals surface area (Å²) in [6.45, 7) is 0. The van der Waals surface area contributed by atoms with Crippen molar-refractivity contribution in [2.75, 3.05) is 5.32 Å². The van der Waals surface area contributed by atoms with E-state index in [9.17, 15) is 14.9 Å². The molecule has 0 aliphatic heterocycles. The Balaban J connectivity index is 2.24. The predicted molar refractivity (Wildman–Crippen MR) is 78.6 cm³/mol. The van der Waals surface area contributed by atoms with E-state index in [1.165, 1.54) is 29.5 Å². The highest BCUT2D eigenvalue weighted by Crippen LogP contribution is 2.27. The van der Waals surface area contributed by atoms with E-state index >= 15 is 0 Å². The summed E-state index contributed by atoms with van der Waals surface area (Å²) in [7, 11) is 0. The van der Waals surface area contributed by atoms with Crippen LogP contribution < -0.4 is 5.32 Å². The maximum atomic E-state index is 11.9. The molecule has 0 unspecified atom stereocenters. The number of halogens is 2. The van der Waals surface area contributed by atoms with Gasteiger partial charge < -0.3 is 0 Å². The number of rotatable bonds is 3. The smallest absolute Gasteiger partial charge is 0.284 e. The fourth-order valence-corrected chi connectivity index (χ4v) is 2.77. The number of carbonyl (C=O) groups is 1. The van der Waals surface area contributed by atoms with Crippen molar-refractivity contribution in [1.82, 2.24) is 4.98 Å². The summed E-state index contributed by atoms with van der Waals surface area (Å²) in [6.07, 6.45) is 1.56. The van der Waals surface area contributed by atoms with Gasteiger partial charge in [0.05, 0.1) is 19.4 Å². The van der Waals surface area contributed by atoms with Gasteiger partial charge in [0.25, 0.3) is 11.6 Å². The summed E-state index contributed by atoms with van der Waals surface area (Å²) >= 11 is 7.54. The van der Waals surface area contributed by atoms with Gasteiger partial charge in [-0.25, -0.2) is 4.98 Å². The summed E-state index contributed by atoms with van der Waals surface area (Å²) in [5, 5.41) is 13.8. The van der Waals surface area contributed by atoms with Crippen molar-refractivity contribution in [3.63, 3.8) is 0 Å². The van der Waals surface area contributed by atoms with E-state index in [-0.39, 0.29) is 11.3 Å². The van der Waals surface area contributed by atoms with Crippen LogP contribution in [0.5, 0.6) is 0 Å². The molecule has 0 bridgehead atoms. The zero-order chi connectivity index (χ0) is 14.0. The largest absolute Gasteiger partial charge is 0.298 e. The van der Waals surface area contributed by atoms with Crippen LogP contribution in [0.15, 0.2) is 32.7 Å². The van der Waals surface area contributed by atoms with Crippen molar-refractivity contribution in [1.29, 1.82) is 0 Å². The molecule has 98 valence electrons. The molecule has 0 spiro atoms. The van der Waals surface area contributed by atoms with Crippen molar-refractivity contribution in [3.8, 4) is 0 Å². The van der Waals surface area contributed by atoms with Gasteiger partial charge in [-0.3, -0.25) is 20.2 Å². The Morgan fingerprint density at radius 2 is 2.16 bits per heavy atom. The Morgan fingerprint density at radius 3 is 2.74 bits per heavy atom. The molecule has 2 aromatic rings. The first kappa shape index (κ1) is 14.1. The molecule has 1 N–H and O–H groups in total. The number of anilines is 1. The van der Waals surface area contributed by atoms with E-state index in [1.54, 1.807) is 6.20 Å². The molecule has 19 heavy (non-hydrogen) atoms. The number of hydrogen-bond donors (Lipinski definition) is 1. The Kier molecular flexibility index (Phi) is 4.27. The maximum Gasteiger partial charge on any atom is 0.284 e. The minimum absolute atomic E-state index is 0.159. The summed E-state index contributed by atoms with van der Waals surface area (Å²) in [5.74, 6) is -0.447. The highest BCUT2D eigenvalue weighted by molar-refractivity contribution is 9.11. The molecule has 0 fully saturated rings. The average molecular weight is 407 g/mol. The number of aromatic nitrogens is 1. The van der Waals surface area contributed by atoms with Crippen LogP contribution in [0.2, 0.25) is 0 Å². The molecule has 9 heteroatoms. The molecular weight excluding hydrogens is 402 g/mol. The lowest BCUT2D eigenvalue weighted by atomic mass is 10.2. The topological polar surface area (TPSA) is 85.1 Å². The molecule has 0 radical (unpaired) electrons. The number of benzene rings is 1. The Hall–Kier alpha value is -1.32. The fraction of sp³-hybridized carbons (Fsp3) is 0. The van der Waals surface area contributed by atoms with Crippen molar-refractivity contribution in [2.45, 2.75) is 0 Å². The van der Waals surface area contributed by atoms with Gasteiger partial charge in [0.1, 0.15) is 0 Å². The monoisotopic (exact) mass is 405 g/mol. The number of carbonyl (C=O) groups excluding carboxylic acids is 1. The van der Waals surface area contributed by atoms with Gasteiger partial charge in [-0.05, 0) is 44.0 Å². The highest BCUT2D eigenvalue weighted by atomic mass is 79.9. The van der Waals surface area contributed by atoms with E-state index in [1.807, 2.05) is 0 Å². The fourth-order valence-electron chi connectivity index (χ4n) is 1.28. The van der Waals surface area contributed by atoms with E-state index < -0.39 is 10.8 Å². The lowest BCUT2D eigenvalue weighted by molar-refractivity contribution is -0.385. The van der Waals surface area contributed by atoms with Crippen LogP contribution in [0.3, 0.4) is 0 Å². The Bertz CT molecular complexity index is 659. The number of amides is 1. The Labute approximate surface area is 128 Å². The van der Waals surface area contributed by atoms with Crippen LogP contribution in [-0.2, 0) is 0 Å². The van der Waals surface area contributed by atoms with E-state index in [4.69, 9.17) is 0 Å². The molecule has 2 rings (SSSR count). The number of nitrogens with zero attached hydrogens (tertiary/aromatic N) is 2. The molecule has 1 amide bonds. The van der Waals surface area contributed by atoms with Gasteiger partial charge in [-0.15, -0.1) is 0 Å². The third kappa shape index (κ3) is 3.37. The number of hydrogen-bond acceptors (Lipinski definition) is 5. The van der Waals surface area contributed by atoms with Crippen LogP contribution >= 0.6 is 43.2 Å².